The number of aromatic nitrogens is 2. The van der Waals surface area contributed by atoms with E-state index in [-0.39, 0.29) is 5.92 Å². The summed E-state index contributed by atoms with van der Waals surface area (Å²) in [6, 6.07) is 11.2. The van der Waals surface area contributed by atoms with E-state index >= 15 is 4.39 Å². The van der Waals surface area contributed by atoms with E-state index in [0.717, 1.165) is 43.3 Å². The predicted molar refractivity (Wildman–Crippen MR) is 130 cm³/mol. The van der Waals surface area contributed by atoms with Crippen LogP contribution in [-0.2, 0) is 11.2 Å². The number of carbonyl (C=O) groups is 1. The summed E-state index contributed by atoms with van der Waals surface area (Å²) in [7, 11) is 1.58. The lowest BCUT2D eigenvalue weighted by Crippen LogP contribution is -2.44. The van der Waals surface area contributed by atoms with Gasteiger partial charge in [0.25, 0.3) is 0 Å². The molecule has 7 heteroatoms. The SMILES string of the molecule is COc1ccc2nccc(C(F)CC[C@@H]3CCN(CCCc4cccnc4)C[C@@H]3C(=O)O)c2c1. The van der Waals surface area contributed by atoms with Crippen molar-refractivity contribution in [2.45, 2.75) is 38.3 Å². The van der Waals surface area contributed by atoms with Gasteiger partial charge < -0.3 is 14.7 Å². The summed E-state index contributed by atoms with van der Waals surface area (Å²) in [5.41, 5.74) is 2.51. The van der Waals surface area contributed by atoms with E-state index in [1.807, 2.05) is 30.5 Å². The number of fused-ring (bicyclic) bond motifs is 1. The Bertz CT molecular complexity index is 1090. The number of likely N-dealkylation sites (tertiary alicyclic amines) is 1. The van der Waals surface area contributed by atoms with Gasteiger partial charge in [0.1, 0.15) is 11.9 Å². The summed E-state index contributed by atoms with van der Waals surface area (Å²) in [6.45, 7) is 2.25. The van der Waals surface area contributed by atoms with Crippen molar-refractivity contribution in [2.75, 3.05) is 26.7 Å². The van der Waals surface area contributed by atoms with Crippen LogP contribution in [0.4, 0.5) is 4.39 Å². The second-order valence-corrected chi connectivity index (χ2v) is 9.09. The number of aryl methyl sites for hydroxylation is 1. The third kappa shape index (κ3) is 5.89. The van der Waals surface area contributed by atoms with E-state index in [4.69, 9.17) is 4.74 Å². The van der Waals surface area contributed by atoms with Gasteiger partial charge in [-0.05, 0) is 92.6 Å². The Morgan fingerprint density at radius 1 is 1.29 bits per heavy atom. The van der Waals surface area contributed by atoms with Crippen LogP contribution >= 0.6 is 0 Å². The number of aliphatic carboxylic acids is 1. The Balaban J connectivity index is 1.34. The molecule has 1 fully saturated rings. The van der Waals surface area contributed by atoms with Crippen LogP contribution in [0.2, 0.25) is 0 Å². The molecule has 0 saturated carbocycles. The van der Waals surface area contributed by atoms with Crippen molar-refractivity contribution in [1.82, 2.24) is 14.9 Å². The second kappa shape index (κ2) is 11.4. The third-order valence-electron chi connectivity index (χ3n) is 6.93. The van der Waals surface area contributed by atoms with Crippen LogP contribution in [0.3, 0.4) is 0 Å². The quantitative estimate of drug-likeness (QED) is 0.450. The molecule has 1 saturated heterocycles. The van der Waals surface area contributed by atoms with Gasteiger partial charge in [-0.2, -0.15) is 0 Å². The summed E-state index contributed by atoms with van der Waals surface area (Å²) in [4.78, 5) is 22.7. The number of halogens is 1. The second-order valence-electron chi connectivity index (χ2n) is 9.09. The normalized spacial score (nSPS) is 19.7. The standard InChI is InChI=1S/C27H32FN3O3/c1-34-21-7-9-26-23(16-21)22(10-13-30-26)25(28)8-6-20-11-15-31(18-24(20)27(32)33)14-3-5-19-4-2-12-29-17-19/h2,4,7,9-10,12-13,16-17,20,24-25H,3,5-6,8,11,14-15,18H2,1H3,(H,32,33)/t20-,24+,25?/m1/s1. The van der Waals surface area contributed by atoms with Crippen LogP contribution in [0.1, 0.15) is 43.0 Å². The van der Waals surface area contributed by atoms with Gasteiger partial charge in [0.15, 0.2) is 0 Å². The molecule has 3 aromatic rings. The van der Waals surface area contributed by atoms with E-state index < -0.39 is 18.1 Å². The van der Waals surface area contributed by atoms with Gasteiger partial charge in [0, 0.05) is 30.5 Å². The van der Waals surface area contributed by atoms with E-state index in [9.17, 15) is 9.90 Å². The highest BCUT2D eigenvalue weighted by Gasteiger charge is 2.34. The lowest BCUT2D eigenvalue weighted by Gasteiger charge is -2.37. The number of carboxylic acid groups (broad SMARTS) is 1. The van der Waals surface area contributed by atoms with Crippen LogP contribution < -0.4 is 4.74 Å². The van der Waals surface area contributed by atoms with Crippen molar-refractivity contribution >= 4 is 16.9 Å². The molecule has 0 aliphatic carbocycles. The average Bonchev–Trinajstić information content (AvgIpc) is 2.87. The molecule has 0 amide bonds. The van der Waals surface area contributed by atoms with Crippen LogP contribution in [0.15, 0.2) is 55.0 Å². The first-order valence-corrected chi connectivity index (χ1v) is 12.0. The molecule has 180 valence electrons. The molecule has 2 aromatic heterocycles. The van der Waals surface area contributed by atoms with Gasteiger partial charge >= 0.3 is 5.97 Å². The van der Waals surface area contributed by atoms with Gasteiger partial charge in [0.05, 0.1) is 18.5 Å². The predicted octanol–water partition coefficient (Wildman–Crippen LogP) is 5.08. The number of carboxylic acids is 1. The number of benzene rings is 1. The van der Waals surface area contributed by atoms with Gasteiger partial charge in [-0.25, -0.2) is 4.39 Å². The van der Waals surface area contributed by atoms with E-state index in [1.54, 1.807) is 25.6 Å². The van der Waals surface area contributed by atoms with Crippen LogP contribution in [0.5, 0.6) is 5.75 Å². The summed E-state index contributed by atoms with van der Waals surface area (Å²) in [6.07, 6.45) is 7.62. The molecule has 0 radical (unpaired) electrons. The number of piperidine rings is 1. The van der Waals surface area contributed by atoms with E-state index in [1.165, 1.54) is 5.56 Å². The van der Waals surface area contributed by atoms with Crippen LogP contribution in [0.25, 0.3) is 10.9 Å². The molecule has 1 aromatic carbocycles. The van der Waals surface area contributed by atoms with Crippen LogP contribution in [-0.4, -0.2) is 52.7 Å². The number of alkyl halides is 1. The zero-order valence-corrected chi connectivity index (χ0v) is 19.6. The Morgan fingerprint density at radius 2 is 2.18 bits per heavy atom. The number of hydrogen-bond acceptors (Lipinski definition) is 5. The van der Waals surface area contributed by atoms with Crippen molar-refractivity contribution in [3.63, 3.8) is 0 Å². The van der Waals surface area contributed by atoms with Gasteiger partial charge in [-0.3, -0.25) is 14.8 Å². The minimum Gasteiger partial charge on any atom is -0.497 e. The van der Waals surface area contributed by atoms with Gasteiger partial charge in [-0.1, -0.05) is 6.07 Å². The largest absolute Gasteiger partial charge is 0.497 e. The summed E-state index contributed by atoms with van der Waals surface area (Å²) in [5.74, 6) is -0.603. The number of hydrogen-bond donors (Lipinski definition) is 1. The molecule has 3 heterocycles. The number of nitrogens with zero attached hydrogens (tertiary/aromatic N) is 3. The van der Waals surface area contributed by atoms with Crippen molar-refractivity contribution in [2.24, 2.45) is 11.8 Å². The first-order valence-electron chi connectivity index (χ1n) is 12.0. The zero-order chi connectivity index (χ0) is 23.9. The fourth-order valence-corrected chi connectivity index (χ4v) is 5.01. The maximum atomic E-state index is 15.4. The van der Waals surface area contributed by atoms with Gasteiger partial charge in [0.2, 0.25) is 0 Å². The minimum atomic E-state index is -1.18. The number of pyridine rings is 2. The molecule has 6 nitrogen and oxygen atoms in total. The fraction of sp³-hybridized carbons (Fsp3) is 0.444. The van der Waals surface area contributed by atoms with Crippen molar-refractivity contribution in [3.05, 3.63) is 66.1 Å². The molecule has 1 unspecified atom stereocenters. The molecule has 4 rings (SSSR count). The highest BCUT2D eigenvalue weighted by molar-refractivity contribution is 5.83. The Labute approximate surface area is 199 Å². The molecule has 0 spiro atoms. The molecule has 34 heavy (non-hydrogen) atoms. The Morgan fingerprint density at radius 3 is 2.94 bits per heavy atom. The highest BCUT2D eigenvalue weighted by Crippen LogP contribution is 2.35. The smallest absolute Gasteiger partial charge is 0.308 e. The van der Waals surface area contributed by atoms with Gasteiger partial charge in [-0.15, -0.1) is 0 Å². The first-order chi connectivity index (χ1) is 16.5. The molecular weight excluding hydrogens is 433 g/mol. The fourth-order valence-electron chi connectivity index (χ4n) is 5.01. The Kier molecular flexibility index (Phi) is 8.06. The van der Waals surface area contributed by atoms with Crippen LogP contribution in [0, 0.1) is 11.8 Å². The van der Waals surface area contributed by atoms with E-state index in [0.29, 0.717) is 30.7 Å². The van der Waals surface area contributed by atoms with E-state index in [2.05, 4.69) is 20.9 Å². The highest BCUT2D eigenvalue weighted by atomic mass is 19.1. The molecular formula is C27H32FN3O3. The molecule has 1 aliphatic heterocycles. The van der Waals surface area contributed by atoms with Crippen molar-refractivity contribution in [3.8, 4) is 5.75 Å². The maximum absolute atomic E-state index is 15.4. The average molecular weight is 466 g/mol. The molecule has 3 atom stereocenters. The third-order valence-corrected chi connectivity index (χ3v) is 6.93. The minimum absolute atomic E-state index is 0.0204. The van der Waals surface area contributed by atoms with Crippen molar-refractivity contribution < 1.29 is 19.0 Å². The molecule has 1 aliphatic rings. The summed E-state index contributed by atoms with van der Waals surface area (Å²) < 4.78 is 20.6. The first kappa shape index (κ1) is 24.1. The number of ether oxygens (including phenoxy) is 1. The lowest BCUT2D eigenvalue weighted by atomic mass is 9.81. The summed E-state index contributed by atoms with van der Waals surface area (Å²) in [5, 5.41) is 10.6. The van der Waals surface area contributed by atoms with Crippen molar-refractivity contribution in [1.29, 1.82) is 0 Å². The number of rotatable bonds is 10. The monoisotopic (exact) mass is 465 g/mol. The summed E-state index contributed by atoms with van der Waals surface area (Å²) >= 11 is 0. The topological polar surface area (TPSA) is 75.5 Å². The molecule has 1 N–H and O–H groups in total. The molecule has 0 bridgehead atoms. The lowest BCUT2D eigenvalue weighted by molar-refractivity contribution is -0.146. The zero-order valence-electron chi connectivity index (χ0n) is 19.6. The Hall–Kier alpha value is -3.06. The number of methoxy groups -OCH3 is 1. The maximum Gasteiger partial charge on any atom is 0.308 e.